The SMILES string of the molecule is CCN1CCN(C(=O)[C@@H](C)c2ccccc2)CC1. The van der Waals surface area contributed by atoms with Crippen LogP contribution >= 0.6 is 0 Å². The van der Waals surface area contributed by atoms with Gasteiger partial charge in [-0.3, -0.25) is 4.79 Å². The first-order valence-corrected chi connectivity index (χ1v) is 6.78. The third-order valence-electron chi connectivity index (χ3n) is 3.80. The lowest BCUT2D eigenvalue weighted by atomic mass is 9.99. The van der Waals surface area contributed by atoms with Crippen LogP contribution in [0.25, 0.3) is 0 Å². The van der Waals surface area contributed by atoms with Crippen LogP contribution in [0.2, 0.25) is 0 Å². The number of rotatable bonds is 3. The molecule has 0 aliphatic carbocycles. The van der Waals surface area contributed by atoms with E-state index < -0.39 is 0 Å². The third-order valence-corrected chi connectivity index (χ3v) is 3.80. The molecule has 0 aromatic heterocycles. The molecule has 3 heteroatoms. The summed E-state index contributed by atoms with van der Waals surface area (Å²) in [6, 6.07) is 10.0. The number of nitrogens with zero attached hydrogens (tertiary/aromatic N) is 2. The zero-order chi connectivity index (χ0) is 13.0. The lowest BCUT2D eigenvalue weighted by molar-refractivity contribution is -0.134. The molecule has 3 nitrogen and oxygen atoms in total. The number of amides is 1. The van der Waals surface area contributed by atoms with Crippen molar-refractivity contribution in [1.82, 2.24) is 9.80 Å². The number of benzene rings is 1. The number of hydrogen-bond donors (Lipinski definition) is 0. The van der Waals surface area contributed by atoms with Crippen molar-refractivity contribution < 1.29 is 4.79 Å². The van der Waals surface area contributed by atoms with Gasteiger partial charge in [0, 0.05) is 26.2 Å². The third kappa shape index (κ3) is 2.91. The van der Waals surface area contributed by atoms with E-state index in [2.05, 4.69) is 11.8 Å². The van der Waals surface area contributed by atoms with Crippen molar-refractivity contribution in [2.24, 2.45) is 0 Å². The van der Waals surface area contributed by atoms with E-state index in [4.69, 9.17) is 0 Å². The van der Waals surface area contributed by atoms with Crippen LogP contribution < -0.4 is 0 Å². The molecule has 0 saturated carbocycles. The molecule has 1 aliphatic rings. The Morgan fingerprint density at radius 3 is 2.33 bits per heavy atom. The van der Waals surface area contributed by atoms with Crippen molar-refractivity contribution in [1.29, 1.82) is 0 Å². The number of piperazine rings is 1. The molecular formula is C15H22N2O. The normalized spacial score (nSPS) is 18.7. The van der Waals surface area contributed by atoms with Crippen LogP contribution in [-0.2, 0) is 4.79 Å². The van der Waals surface area contributed by atoms with Gasteiger partial charge in [-0.05, 0) is 19.0 Å². The van der Waals surface area contributed by atoms with Crippen LogP contribution in [0.5, 0.6) is 0 Å². The Morgan fingerprint density at radius 1 is 1.17 bits per heavy atom. The molecule has 1 atom stereocenters. The maximum atomic E-state index is 12.4. The fraction of sp³-hybridized carbons (Fsp3) is 0.533. The topological polar surface area (TPSA) is 23.6 Å². The van der Waals surface area contributed by atoms with E-state index in [9.17, 15) is 4.79 Å². The van der Waals surface area contributed by atoms with Gasteiger partial charge in [-0.1, -0.05) is 37.3 Å². The smallest absolute Gasteiger partial charge is 0.229 e. The van der Waals surface area contributed by atoms with Crippen LogP contribution in [0.3, 0.4) is 0 Å². The lowest BCUT2D eigenvalue weighted by Gasteiger charge is -2.35. The molecule has 1 heterocycles. The summed E-state index contributed by atoms with van der Waals surface area (Å²) in [6.07, 6.45) is 0. The summed E-state index contributed by atoms with van der Waals surface area (Å²) >= 11 is 0. The Kier molecular flexibility index (Phi) is 4.37. The summed E-state index contributed by atoms with van der Waals surface area (Å²) in [5, 5.41) is 0. The minimum absolute atomic E-state index is 0.0284. The first-order valence-electron chi connectivity index (χ1n) is 6.78. The number of carbonyl (C=O) groups is 1. The minimum atomic E-state index is -0.0284. The summed E-state index contributed by atoms with van der Waals surface area (Å²) in [5.74, 6) is 0.233. The highest BCUT2D eigenvalue weighted by Crippen LogP contribution is 2.18. The maximum absolute atomic E-state index is 12.4. The molecule has 0 N–H and O–H groups in total. The monoisotopic (exact) mass is 246 g/mol. The van der Waals surface area contributed by atoms with Gasteiger partial charge in [0.15, 0.2) is 0 Å². The van der Waals surface area contributed by atoms with Gasteiger partial charge in [-0.15, -0.1) is 0 Å². The molecule has 1 aromatic carbocycles. The molecule has 0 radical (unpaired) electrons. The van der Waals surface area contributed by atoms with Crippen molar-refractivity contribution >= 4 is 5.91 Å². The second kappa shape index (κ2) is 6.01. The Bertz CT molecular complexity index is 383. The number of carbonyl (C=O) groups excluding carboxylic acids is 1. The molecule has 98 valence electrons. The Hall–Kier alpha value is -1.35. The average molecular weight is 246 g/mol. The van der Waals surface area contributed by atoms with Gasteiger partial charge in [0.05, 0.1) is 5.92 Å². The van der Waals surface area contributed by atoms with E-state index >= 15 is 0 Å². The molecule has 2 rings (SSSR count). The molecule has 0 unspecified atom stereocenters. The summed E-state index contributed by atoms with van der Waals surface area (Å²) in [4.78, 5) is 16.8. The van der Waals surface area contributed by atoms with Gasteiger partial charge in [0.1, 0.15) is 0 Å². The van der Waals surface area contributed by atoms with Gasteiger partial charge < -0.3 is 9.80 Å². The van der Waals surface area contributed by atoms with Gasteiger partial charge in [0.2, 0.25) is 5.91 Å². The van der Waals surface area contributed by atoms with Crippen LogP contribution in [0.15, 0.2) is 30.3 Å². The first kappa shape index (κ1) is 13.1. The van der Waals surface area contributed by atoms with E-state index in [1.807, 2.05) is 42.2 Å². The van der Waals surface area contributed by atoms with Gasteiger partial charge in [-0.2, -0.15) is 0 Å². The van der Waals surface area contributed by atoms with Gasteiger partial charge in [0.25, 0.3) is 0 Å². The molecule has 1 amide bonds. The number of likely N-dealkylation sites (N-methyl/N-ethyl adjacent to an activating group) is 1. The Labute approximate surface area is 109 Å². The maximum Gasteiger partial charge on any atom is 0.229 e. The van der Waals surface area contributed by atoms with Crippen LogP contribution in [0.4, 0.5) is 0 Å². The first-order chi connectivity index (χ1) is 8.72. The zero-order valence-corrected chi connectivity index (χ0v) is 11.3. The van der Waals surface area contributed by atoms with E-state index in [1.54, 1.807) is 0 Å². The Morgan fingerprint density at radius 2 is 1.78 bits per heavy atom. The van der Waals surface area contributed by atoms with Gasteiger partial charge in [-0.25, -0.2) is 0 Å². The van der Waals surface area contributed by atoms with Crippen LogP contribution in [-0.4, -0.2) is 48.4 Å². The standard InChI is InChI=1S/C15H22N2O/c1-3-16-9-11-17(12-10-16)15(18)13(2)14-7-5-4-6-8-14/h4-8,13H,3,9-12H2,1-2H3/t13-/m0/s1. The Balaban J connectivity index is 1.96. The molecule has 1 fully saturated rings. The lowest BCUT2D eigenvalue weighted by Crippen LogP contribution is -2.49. The molecule has 1 aliphatic heterocycles. The summed E-state index contributed by atoms with van der Waals surface area (Å²) in [6.45, 7) is 8.99. The summed E-state index contributed by atoms with van der Waals surface area (Å²) in [7, 11) is 0. The molecule has 0 spiro atoms. The van der Waals surface area contributed by atoms with E-state index in [1.165, 1.54) is 0 Å². The predicted octanol–water partition coefficient (Wildman–Crippen LogP) is 1.95. The summed E-state index contributed by atoms with van der Waals surface area (Å²) < 4.78 is 0. The van der Waals surface area contributed by atoms with Crippen molar-refractivity contribution in [3.63, 3.8) is 0 Å². The highest BCUT2D eigenvalue weighted by molar-refractivity contribution is 5.83. The zero-order valence-electron chi connectivity index (χ0n) is 11.3. The molecular weight excluding hydrogens is 224 g/mol. The second-order valence-electron chi connectivity index (χ2n) is 4.89. The molecule has 18 heavy (non-hydrogen) atoms. The largest absolute Gasteiger partial charge is 0.340 e. The van der Waals surface area contributed by atoms with Gasteiger partial charge >= 0.3 is 0 Å². The van der Waals surface area contributed by atoms with Crippen LogP contribution in [0, 0.1) is 0 Å². The second-order valence-corrected chi connectivity index (χ2v) is 4.89. The quantitative estimate of drug-likeness (QED) is 0.814. The average Bonchev–Trinajstić information content (AvgIpc) is 2.47. The highest BCUT2D eigenvalue weighted by atomic mass is 16.2. The van der Waals surface area contributed by atoms with Crippen molar-refractivity contribution in [2.75, 3.05) is 32.7 Å². The molecule has 1 aromatic rings. The van der Waals surface area contributed by atoms with Crippen LogP contribution in [0.1, 0.15) is 25.3 Å². The highest BCUT2D eigenvalue weighted by Gasteiger charge is 2.24. The molecule has 0 bridgehead atoms. The number of hydrogen-bond acceptors (Lipinski definition) is 2. The minimum Gasteiger partial charge on any atom is -0.340 e. The predicted molar refractivity (Wildman–Crippen MR) is 73.6 cm³/mol. The van der Waals surface area contributed by atoms with E-state index in [-0.39, 0.29) is 11.8 Å². The fourth-order valence-corrected chi connectivity index (χ4v) is 2.44. The molecule has 1 saturated heterocycles. The fourth-order valence-electron chi connectivity index (χ4n) is 2.44. The van der Waals surface area contributed by atoms with Crippen molar-refractivity contribution in [3.8, 4) is 0 Å². The van der Waals surface area contributed by atoms with E-state index in [0.29, 0.717) is 0 Å². The van der Waals surface area contributed by atoms with Crippen molar-refractivity contribution in [3.05, 3.63) is 35.9 Å². The van der Waals surface area contributed by atoms with E-state index in [0.717, 1.165) is 38.3 Å². The summed E-state index contributed by atoms with van der Waals surface area (Å²) in [5.41, 5.74) is 1.11. The van der Waals surface area contributed by atoms with Crippen molar-refractivity contribution in [2.45, 2.75) is 19.8 Å².